The molecule has 13 heavy (non-hydrogen) atoms. The molecule has 0 spiro atoms. The molecule has 2 aliphatic rings. The number of fused-ring (bicyclic) bond motifs is 2. The Labute approximate surface area is 78.5 Å². The summed E-state index contributed by atoms with van der Waals surface area (Å²) in [5, 5.41) is 2.86. The Kier molecular flexibility index (Phi) is 2.04. The van der Waals surface area contributed by atoms with Crippen molar-refractivity contribution in [3.63, 3.8) is 0 Å². The van der Waals surface area contributed by atoms with Gasteiger partial charge in [-0.1, -0.05) is 0 Å². The second kappa shape index (κ2) is 2.96. The molecule has 0 aliphatic carbocycles. The van der Waals surface area contributed by atoms with E-state index in [1.54, 1.807) is 0 Å². The van der Waals surface area contributed by atoms with Crippen molar-refractivity contribution in [3.05, 3.63) is 0 Å². The molecule has 74 valence electrons. The van der Waals surface area contributed by atoms with Crippen LogP contribution in [-0.4, -0.2) is 36.1 Å². The third-order valence-electron chi connectivity index (χ3n) is 2.95. The van der Waals surface area contributed by atoms with E-state index in [4.69, 9.17) is 5.73 Å². The van der Waals surface area contributed by atoms with Crippen LogP contribution in [0.4, 0.5) is 0 Å². The summed E-state index contributed by atoms with van der Waals surface area (Å²) in [7, 11) is 0. The van der Waals surface area contributed by atoms with Gasteiger partial charge in [0.1, 0.15) is 5.66 Å². The average molecular weight is 183 g/mol. The Morgan fingerprint density at radius 2 is 2.46 bits per heavy atom. The average Bonchev–Trinajstić information content (AvgIpc) is 2.27. The van der Waals surface area contributed by atoms with Crippen molar-refractivity contribution in [3.8, 4) is 0 Å². The Morgan fingerprint density at radius 1 is 1.69 bits per heavy atom. The van der Waals surface area contributed by atoms with Crippen molar-refractivity contribution in [2.24, 2.45) is 11.7 Å². The van der Waals surface area contributed by atoms with E-state index in [0.29, 0.717) is 5.92 Å². The molecule has 2 fully saturated rings. The van der Waals surface area contributed by atoms with E-state index in [1.165, 1.54) is 19.9 Å². The smallest absolute Gasteiger partial charge is 0.218 e. The molecule has 3 N–H and O–H groups in total. The summed E-state index contributed by atoms with van der Waals surface area (Å²) in [6, 6.07) is 0. The quantitative estimate of drug-likeness (QED) is 0.539. The van der Waals surface area contributed by atoms with Crippen molar-refractivity contribution in [2.75, 3.05) is 19.6 Å². The lowest BCUT2D eigenvalue weighted by Crippen LogP contribution is -2.64. The van der Waals surface area contributed by atoms with Crippen LogP contribution in [0.3, 0.4) is 0 Å². The Bertz CT molecular complexity index is 217. The summed E-state index contributed by atoms with van der Waals surface area (Å²) >= 11 is 0. The monoisotopic (exact) mass is 183 g/mol. The minimum absolute atomic E-state index is 0.0231. The highest BCUT2D eigenvalue weighted by Crippen LogP contribution is 2.30. The molecule has 2 unspecified atom stereocenters. The summed E-state index contributed by atoms with van der Waals surface area (Å²) in [5.74, 6) is 0.663. The number of nitrogens with zero attached hydrogens (tertiary/aromatic N) is 1. The van der Waals surface area contributed by atoms with Crippen LogP contribution < -0.4 is 11.1 Å². The zero-order chi connectivity index (χ0) is 9.47. The summed E-state index contributed by atoms with van der Waals surface area (Å²) < 4.78 is 0. The number of rotatable bonds is 1. The van der Waals surface area contributed by atoms with Gasteiger partial charge >= 0.3 is 0 Å². The number of carbonyl (C=O) groups excluding carboxylic acids is 1. The van der Waals surface area contributed by atoms with Crippen molar-refractivity contribution < 1.29 is 4.79 Å². The van der Waals surface area contributed by atoms with Gasteiger partial charge in [-0.2, -0.15) is 0 Å². The Balaban J connectivity index is 2.03. The Morgan fingerprint density at radius 3 is 3.08 bits per heavy atom. The first kappa shape index (κ1) is 8.97. The molecule has 1 amide bonds. The third kappa shape index (κ3) is 1.84. The van der Waals surface area contributed by atoms with Gasteiger partial charge in [0.15, 0.2) is 0 Å². The normalized spacial score (nSPS) is 43.2. The van der Waals surface area contributed by atoms with E-state index in [0.717, 1.165) is 19.5 Å². The highest BCUT2D eigenvalue weighted by Gasteiger charge is 2.40. The van der Waals surface area contributed by atoms with Crippen LogP contribution in [0, 0.1) is 5.92 Å². The topological polar surface area (TPSA) is 58.4 Å². The van der Waals surface area contributed by atoms with Crippen LogP contribution in [0.15, 0.2) is 0 Å². The van der Waals surface area contributed by atoms with Gasteiger partial charge in [-0.15, -0.1) is 0 Å². The maximum atomic E-state index is 10.9. The number of hydrogen-bond donors (Lipinski definition) is 2. The second-order valence-electron chi connectivity index (χ2n) is 4.43. The molecule has 4 heteroatoms. The van der Waals surface area contributed by atoms with Crippen molar-refractivity contribution in [1.29, 1.82) is 0 Å². The molecule has 2 bridgehead atoms. The predicted octanol–water partition coefficient (Wildman–Crippen LogP) is -0.497. The minimum atomic E-state index is -0.467. The number of nitrogens with two attached hydrogens (primary N) is 1. The lowest BCUT2D eigenvalue weighted by Gasteiger charge is -2.39. The fourth-order valence-corrected chi connectivity index (χ4v) is 2.64. The molecule has 0 radical (unpaired) electrons. The highest BCUT2D eigenvalue weighted by atomic mass is 16.1. The van der Waals surface area contributed by atoms with Crippen LogP contribution in [0.5, 0.6) is 0 Å². The zero-order valence-electron chi connectivity index (χ0n) is 8.05. The van der Waals surface area contributed by atoms with E-state index < -0.39 is 5.66 Å². The van der Waals surface area contributed by atoms with E-state index >= 15 is 0 Å². The maximum absolute atomic E-state index is 10.9. The van der Waals surface area contributed by atoms with E-state index in [1.807, 2.05) is 0 Å². The van der Waals surface area contributed by atoms with Crippen molar-refractivity contribution >= 4 is 5.91 Å². The van der Waals surface area contributed by atoms with Gasteiger partial charge in [-0.3, -0.25) is 9.69 Å². The second-order valence-corrected chi connectivity index (χ2v) is 4.43. The fraction of sp³-hybridized carbons (Fsp3) is 0.889. The van der Waals surface area contributed by atoms with Crippen molar-refractivity contribution in [2.45, 2.75) is 25.4 Å². The standard InChI is InChI=1S/C9H17N3O/c1-7(13)11-9(10)4-8-2-3-12(5-8)6-9/h8H,2-6,10H2,1H3,(H,11,13)/t8?,9-/m0/s1. The molecule has 0 aromatic heterocycles. The molecular weight excluding hydrogens is 166 g/mol. The summed E-state index contributed by atoms with van der Waals surface area (Å²) in [6.45, 7) is 4.64. The van der Waals surface area contributed by atoms with Gasteiger partial charge in [-0.05, 0) is 25.3 Å². The molecule has 0 saturated carbocycles. The first-order valence-electron chi connectivity index (χ1n) is 4.87. The summed E-state index contributed by atoms with van der Waals surface area (Å²) in [5.41, 5.74) is 5.64. The van der Waals surface area contributed by atoms with Crippen LogP contribution in [0.1, 0.15) is 19.8 Å². The van der Waals surface area contributed by atoms with Gasteiger partial charge in [-0.25, -0.2) is 0 Å². The van der Waals surface area contributed by atoms with E-state index in [-0.39, 0.29) is 5.91 Å². The molecule has 2 aliphatic heterocycles. The molecule has 2 rings (SSSR count). The number of hydrogen-bond acceptors (Lipinski definition) is 3. The van der Waals surface area contributed by atoms with Crippen LogP contribution in [0.2, 0.25) is 0 Å². The third-order valence-corrected chi connectivity index (χ3v) is 2.95. The molecular formula is C9H17N3O. The van der Waals surface area contributed by atoms with Gasteiger partial charge < -0.3 is 11.1 Å². The molecule has 0 aromatic carbocycles. The molecule has 2 heterocycles. The Hall–Kier alpha value is -0.610. The molecule has 2 saturated heterocycles. The van der Waals surface area contributed by atoms with Crippen LogP contribution >= 0.6 is 0 Å². The first-order chi connectivity index (χ1) is 6.07. The minimum Gasteiger partial charge on any atom is -0.337 e. The number of nitrogens with one attached hydrogen (secondary N) is 1. The first-order valence-corrected chi connectivity index (χ1v) is 4.87. The number of carbonyl (C=O) groups is 1. The molecule has 0 aromatic rings. The lowest BCUT2D eigenvalue weighted by atomic mass is 9.92. The SMILES string of the molecule is CC(=O)N[C@@]1(N)CC2CCN(C2)C1. The predicted molar refractivity (Wildman–Crippen MR) is 49.9 cm³/mol. The van der Waals surface area contributed by atoms with Gasteiger partial charge in [0.05, 0.1) is 0 Å². The maximum Gasteiger partial charge on any atom is 0.218 e. The molecule has 4 nitrogen and oxygen atoms in total. The lowest BCUT2D eigenvalue weighted by molar-refractivity contribution is -0.121. The van der Waals surface area contributed by atoms with Crippen molar-refractivity contribution in [1.82, 2.24) is 10.2 Å². The van der Waals surface area contributed by atoms with Crippen LogP contribution in [0.25, 0.3) is 0 Å². The van der Waals surface area contributed by atoms with Gasteiger partial charge in [0.2, 0.25) is 5.91 Å². The van der Waals surface area contributed by atoms with E-state index in [9.17, 15) is 4.79 Å². The van der Waals surface area contributed by atoms with Crippen LogP contribution in [-0.2, 0) is 4.79 Å². The van der Waals surface area contributed by atoms with E-state index in [2.05, 4.69) is 10.2 Å². The fourth-order valence-electron chi connectivity index (χ4n) is 2.64. The zero-order valence-corrected chi connectivity index (χ0v) is 8.05. The largest absolute Gasteiger partial charge is 0.337 e. The number of piperidine rings is 1. The highest BCUT2D eigenvalue weighted by molar-refractivity contribution is 5.73. The van der Waals surface area contributed by atoms with Gasteiger partial charge in [0.25, 0.3) is 0 Å². The summed E-state index contributed by atoms with van der Waals surface area (Å²) in [6.07, 6.45) is 2.17. The molecule has 3 atom stereocenters. The van der Waals surface area contributed by atoms with Gasteiger partial charge in [0, 0.05) is 20.0 Å². The summed E-state index contributed by atoms with van der Waals surface area (Å²) in [4.78, 5) is 13.3. The number of amides is 1.